The lowest BCUT2D eigenvalue weighted by molar-refractivity contribution is 0.456. The number of benzene rings is 2. The number of nitrogens with zero attached hydrogens (tertiary/aromatic N) is 2. The second-order valence-electron chi connectivity index (χ2n) is 4.51. The smallest absolute Gasteiger partial charge is 0.227 e. The predicted octanol–water partition coefficient (Wildman–Crippen LogP) is 3.57. The first kappa shape index (κ1) is 12.4. The van der Waals surface area contributed by atoms with Crippen LogP contribution in [0.1, 0.15) is 12.5 Å². The fourth-order valence-corrected chi connectivity index (χ4v) is 2.17. The summed E-state index contributed by atoms with van der Waals surface area (Å²) in [6.45, 7) is 2.00. The number of fused-ring (bicyclic) bond motifs is 1. The molecule has 1 heterocycles. The Morgan fingerprint density at radius 2 is 1.85 bits per heavy atom. The molecule has 3 rings (SSSR count). The van der Waals surface area contributed by atoms with Crippen molar-refractivity contribution in [1.29, 1.82) is 0 Å². The molecule has 0 unspecified atom stereocenters. The number of hydrogen-bond donors (Lipinski definition) is 1. The van der Waals surface area contributed by atoms with E-state index in [0.717, 1.165) is 23.1 Å². The van der Waals surface area contributed by atoms with E-state index in [4.69, 9.17) is 10.5 Å². The van der Waals surface area contributed by atoms with E-state index in [1.165, 1.54) is 11.7 Å². The Kier molecular flexibility index (Phi) is 3.21. The van der Waals surface area contributed by atoms with E-state index in [9.17, 15) is 0 Å². The summed E-state index contributed by atoms with van der Waals surface area (Å²) in [5.74, 6) is 1.74. The summed E-state index contributed by atoms with van der Waals surface area (Å²) in [5.41, 5.74) is 6.68. The number of hydrogen-bond acceptors (Lipinski definition) is 4. The van der Waals surface area contributed by atoms with Gasteiger partial charge < -0.3 is 10.5 Å². The van der Waals surface area contributed by atoms with Gasteiger partial charge in [-0.3, -0.25) is 0 Å². The number of ether oxygens (including phenoxy) is 1. The van der Waals surface area contributed by atoms with Crippen molar-refractivity contribution in [2.45, 2.75) is 13.3 Å². The summed E-state index contributed by atoms with van der Waals surface area (Å²) in [7, 11) is 0. The number of aromatic nitrogens is 2. The molecule has 0 fully saturated rings. The Hall–Kier alpha value is -2.62. The lowest BCUT2D eigenvalue weighted by atomic mass is 10.1. The summed E-state index contributed by atoms with van der Waals surface area (Å²) >= 11 is 0. The van der Waals surface area contributed by atoms with Crippen LogP contribution in [-0.2, 0) is 6.42 Å². The van der Waals surface area contributed by atoms with Crippen LogP contribution in [0.25, 0.3) is 10.8 Å². The van der Waals surface area contributed by atoms with Crippen molar-refractivity contribution in [2.75, 3.05) is 5.73 Å². The standard InChI is InChI=1S/C16H15N3O/c1-2-14-15(17)18-10-19-16(14)20-13-8-7-11-5-3-4-6-12(11)9-13/h3-10H,2H2,1H3,(H2,17,18,19). The van der Waals surface area contributed by atoms with Gasteiger partial charge in [-0.25, -0.2) is 9.97 Å². The molecule has 0 atom stereocenters. The van der Waals surface area contributed by atoms with Crippen LogP contribution in [-0.4, -0.2) is 9.97 Å². The van der Waals surface area contributed by atoms with Gasteiger partial charge in [0.15, 0.2) is 0 Å². The number of nitrogens with two attached hydrogens (primary N) is 1. The molecule has 100 valence electrons. The largest absolute Gasteiger partial charge is 0.439 e. The first-order valence-corrected chi connectivity index (χ1v) is 6.54. The molecule has 1 aromatic heterocycles. The Bertz CT molecular complexity index is 756. The van der Waals surface area contributed by atoms with Gasteiger partial charge in [0.05, 0.1) is 5.56 Å². The van der Waals surface area contributed by atoms with E-state index in [2.05, 4.69) is 22.1 Å². The number of rotatable bonds is 3. The molecule has 0 spiro atoms. The second kappa shape index (κ2) is 5.17. The topological polar surface area (TPSA) is 61.0 Å². The second-order valence-corrected chi connectivity index (χ2v) is 4.51. The van der Waals surface area contributed by atoms with Crippen molar-refractivity contribution >= 4 is 16.6 Å². The van der Waals surface area contributed by atoms with Gasteiger partial charge >= 0.3 is 0 Å². The average molecular weight is 265 g/mol. The Balaban J connectivity index is 1.99. The average Bonchev–Trinajstić information content (AvgIpc) is 2.47. The third-order valence-corrected chi connectivity index (χ3v) is 3.23. The van der Waals surface area contributed by atoms with Gasteiger partial charge in [0.1, 0.15) is 17.9 Å². The van der Waals surface area contributed by atoms with Crippen LogP contribution in [0.2, 0.25) is 0 Å². The maximum Gasteiger partial charge on any atom is 0.227 e. The minimum absolute atomic E-state index is 0.471. The summed E-state index contributed by atoms with van der Waals surface area (Å²) in [6, 6.07) is 14.1. The zero-order chi connectivity index (χ0) is 13.9. The Labute approximate surface area is 117 Å². The van der Waals surface area contributed by atoms with E-state index >= 15 is 0 Å². The van der Waals surface area contributed by atoms with E-state index in [1.807, 2.05) is 37.3 Å². The van der Waals surface area contributed by atoms with Crippen LogP contribution < -0.4 is 10.5 Å². The summed E-state index contributed by atoms with van der Waals surface area (Å²) in [4.78, 5) is 8.16. The lowest BCUT2D eigenvalue weighted by Gasteiger charge is -2.10. The molecule has 4 nitrogen and oxygen atoms in total. The van der Waals surface area contributed by atoms with Gasteiger partial charge in [-0.05, 0) is 29.3 Å². The molecular weight excluding hydrogens is 250 g/mol. The maximum absolute atomic E-state index is 5.86. The Morgan fingerprint density at radius 1 is 1.05 bits per heavy atom. The highest BCUT2D eigenvalue weighted by molar-refractivity contribution is 5.83. The van der Waals surface area contributed by atoms with E-state index in [-0.39, 0.29) is 0 Å². The van der Waals surface area contributed by atoms with Gasteiger partial charge in [-0.1, -0.05) is 37.3 Å². The van der Waals surface area contributed by atoms with Crippen molar-refractivity contribution < 1.29 is 4.74 Å². The van der Waals surface area contributed by atoms with Crippen LogP contribution in [0.4, 0.5) is 5.82 Å². The summed E-state index contributed by atoms with van der Waals surface area (Å²) in [5, 5.41) is 2.31. The molecule has 0 bridgehead atoms. The number of nitrogen functional groups attached to an aromatic ring is 1. The van der Waals surface area contributed by atoms with E-state index in [0.29, 0.717) is 11.7 Å². The first-order valence-electron chi connectivity index (χ1n) is 6.54. The van der Waals surface area contributed by atoms with Crippen molar-refractivity contribution in [3.8, 4) is 11.6 Å². The summed E-state index contributed by atoms with van der Waals surface area (Å²) < 4.78 is 5.86. The first-order chi connectivity index (χ1) is 9.78. The van der Waals surface area contributed by atoms with Gasteiger partial charge in [0.25, 0.3) is 0 Å². The zero-order valence-corrected chi connectivity index (χ0v) is 11.2. The van der Waals surface area contributed by atoms with Crippen LogP contribution in [0.3, 0.4) is 0 Å². The molecule has 0 aliphatic rings. The molecular formula is C16H15N3O. The fraction of sp³-hybridized carbons (Fsp3) is 0.125. The van der Waals surface area contributed by atoms with Crippen molar-refractivity contribution in [1.82, 2.24) is 9.97 Å². The zero-order valence-electron chi connectivity index (χ0n) is 11.2. The van der Waals surface area contributed by atoms with E-state index in [1.54, 1.807) is 0 Å². The van der Waals surface area contributed by atoms with Crippen molar-refractivity contribution in [2.24, 2.45) is 0 Å². The van der Waals surface area contributed by atoms with Crippen molar-refractivity contribution in [3.63, 3.8) is 0 Å². The molecule has 0 aliphatic heterocycles. The van der Waals surface area contributed by atoms with Crippen molar-refractivity contribution in [3.05, 3.63) is 54.4 Å². The molecule has 20 heavy (non-hydrogen) atoms. The Morgan fingerprint density at radius 3 is 2.65 bits per heavy atom. The van der Waals surface area contributed by atoms with Gasteiger partial charge in [-0.15, -0.1) is 0 Å². The number of anilines is 1. The quantitative estimate of drug-likeness (QED) is 0.786. The lowest BCUT2D eigenvalue weighted by Crippen LogP contribution is -2.01. The molecule has 0 saturated heterocycles. The third kappa shape index (κ3) is 2.28. The van der Waals surface area contributed by atoms with Gasteiger partial charge in [0.2, 0.25) is 5.88 Å². The molecule has 0 amide bonds. The highest BCUT2D eigenvalue weighted by Crippen LogP contribution is 2.28. The van der Waals surface area contributed by atoms with Crippen LogP contribution in [0, 0.1) is 0 Å². The normalized spacial score (nSPS) is 10.7. The highest BCUT2D eigenvalue weighted by Gasteiger charge is 2.09. The molecule has 0 radical (unpaired) electrons. The highest BCUT2D eigenvalue weighted by atomic mass is 16.5. The van der Waals surface area contributed by atoms with Crippen LogP contribution >= 0.6 is 0 Å². The van der Waals surface area contributed by atoms with E-state index < -0.39 is 0 Å². The van der Waals surface area contributed by atoms with Crippen LogP contribution in [0.15, 0.2) is 48.8 Å². The molecule has 4 heteroatoms. The minimum atomic E-state index is 0.471. The summed E-state index contributed by atoms with van der Waals surface area (Å²) in [6.07, 6.45) is 2.15. The monoisotopic (exact) mass is 265 g/mol. The molecule has 0 saturated carbocycles. The predicted molar refractivity (Wildman–Crippen MR) is 79.8 cm³/mol. The SMILES string of the molecule is CCc1c(N)ncnc1Oc1ccc2ccccc2c1. The molecule has 3 aromatic rings. The minimum Gasteiger partial charge on any atom is -0.439 e. The third-order valence-electron chi connectivity index (χ3n) is 3.23. The van der Waals surface area contributed by atoms with Gasteiger partial charge in [0, 0.05) is 0 Å². The van der Waals surface area contributed by atoms with Gasteiger partial charge in [-0.2, -0.15) is 0 Å². The maximum atomic E-state index is 5.86. The molecule has 0 aliphatic carbocycles. The molecule has 2 N–H and O–H groups in total. The molecule has 2 aromatic carbocycles. The fourth-order valence-electron chi connectivity index (χ4n) is 2.17. The van der Waals surface area contributed by atoms with Crippen LogP contribution in [0.5, 0.6) is 11.6 Å².